The number of ketones is 1. The van der Waals surface area contributed by atoms with E-state index in [0.29, 0.717) is 24.1 Å². The minimum Gasteiger partial charge on any atom is -0.294 e. The highest BCUT2D eigenvalue weighted by molar-refractivity contribution is 5.98. The van der Waals surface area contributed by atoms with Crippen LogP contribution in [0.3, 0.4) is 0 Å². The predicted molar refractivity (Wildman–Crippen MR) is 65.3 cm³/mol. The van der Waals surface area contributed by atoms with Gasteiger partial charge in [0.15, 0.2) is 11.6 Å². The fraction of sp³-hybridized carbons (Fsp3) is 0.286. The molecule has 1 aromatic carbocycles. The minimum absolute atomic E-state index is 0.0301. The van der Waals surface area contributed by atoms with E-state index in [1.807, 2.05) is 6.92 Å². The lowest BCUT2D eigenvalue weighted by atomic mass is 9.88. The van der Waals surface area contributed by atoms with Gasteiger partial charge in [0, 0.05) is 12.5 Å². The molecular weight excluding hydrogens is 250 g/mol. The summed E-state index contributed by atoms with van der Waals surface area (Å²) < 4.78 is 28.1. The number of hydrogen-bond acceptors (Lipinski definition) is 2. The van der Waals surface area contributed by atoms with E-state index >= 15 is 0 Å². The number of aromatic nitrogens is 2. The number of halogens is 2. The number of benzene rings is 1. The highest BCUT2D eigenvalue weighted by Crippen LogP contribution is 2.27. The van der Waals surface area contributed by atoms with Crippen molar-refractivity contribution >= 4 is 5.78 Å². The molecule has 1 heterocycles. The van der Waals surface area contributed by atoms with Gasteiger partial charge in [0.05, 0.1) is 17.5 Å². The Morgan fingerprint density at radius 3 is 2.84 bits per heavy atom. The van der Waals surface area contributed by atoms with Crippen LogP contribution in [-0.4, -0.2) is 15.6 Å². The fourth-order valence-electron chi connectivity index (χ4n) is 2.49. The fourth-order valence-corrected chi connectivity index (χ4v) is 2.49. The third-order valence-electron chi connectivity index (χ3n) is 3.38. The first-order valence-electron chi connectivity index (χ1n) is 6.12. The topological polar surface area (TPSA) is 34.9 Å². The van der Waals surface area contributed by atoms with E-state index in [-0.39, 0.29) is 17.4 Å². The summed E-state index contributed by atoms with van der Waals surface area (Å²) in [5.74, 6) is -1.08. The molecular formula is C14H12F2N2O. The highest BCUT2D eigenvalue weighted by atomic mass is 19.1. The van der Waals surface area contributed by atoms with Crippen LogP contribution in [0.5, 0.6) is 0 Å². The number of Topliss-reactive ketones (excluding diaryl/α,β-unsaturated/α-hetero) is 1. The summed E-state index contributed by atoms with van der Waals surface area (Å²) in [5.41, 5.74) is 1.42. The standard InChI is InChI=1S/C14H12F2N2O/c1-8-4-13-10(14(19)5-8)7-17-18(13)12-3-2-9(15)6-11(12)16/h2-3,6-8H,4-5H2,1H3/t8-/m1/s1. The van der Waals surface area contributed by atoms with Crippen molar-refractivity contribution in [3.63, 3.8) is 0 Å². The maximum atomic E-state index is 13.8. The molecule has 1 aromatic heterocycles. The SMILES string of the molecule is C[C@H]1CC(=O)c2cnn(-c3ccc(F)cc3F)c2C1. The van der Waals surface area contributed by atoms with Gasteiger partial charge >= 0.3 is 0 Å². The first-order chi connectivity index (χ1) is 9.06. The molecule has 0 N–H and O–H groups in total. The summed E-state index contributed by atoms with van der Waals surface area (Å²) in [4.78, 5) is 11.9. The Hall–Kier alpha value is -2.04. The van der Waals surface area contributed by atoms with E-state index in [1.165, 1.54) is 23.0 Å². The zero-order chi connectivity index (χ0) is 13.6. The van der Waals surface area contributed by atoms with Crippen molar-refractivity contribution in [3.05, 3.63) is 47.3 Å². The maximum Gasteiger partial charge on any atom is 0.166 e. The second kappa shape index (κ2) is 4.26. The van der Waals surface area contributed by atoms with Gasteiger partial charge in [0.25, 0.3) is 0 Å². The zero-order valence-corrected chi connectivity index (χ0v) is 10.4. The Morgan fingerprint density at radius 1 is 1.32 bits per heavy atom. The number of nitrogens with zero attached hydrogens (tertiary/aromatic N) is 2. The molecule has 0 fully saturated rings. The molecule has 5 heteroatoms. The number of carbonyl (C=O) groups is 1. The maximum absolute atomic E-state index is 13.8. The summed E-state index contributed by atoms with van der Waals surface area (Å²) in [6, 6.07) is 3.33. The van der Waals surface area contributed by atoms with Gasteiger partial charge < -0.3 is 0 Å². The summed E-state index contributed by atoms with van der Waals surface area (Å²) in [7, 11) is 0. The Bertz CT molecular complexity index is 663. The lowest BCUT2D eigenvalue weighted by Crippen LogP contribution is -2.19. The highest BCUT2D eigenvalue weighted by Gasteiger charge is 2.27. The van der Waals surface area contributed by atoms with E-state index in [4.69, 9.17) is 0 Å². The molecule has 0 amide bonds. The van der Waals surface area contributed by atoms with Gasteiger partial charge in [-0.05, 0) is 24.5 Å². The van der Waals surface area contributed by atoms with Gasteiger partial charge in [-0.25, -0.2) is 13.5 Å². The van der Waals surface area contributed by atoms with E-state index in [9.17, 15) is 13.6 Å². The summed E-state index contributed by atoms with van der Waals surface area (Å²) in [6.45, 7) is 1.97. The Kier molecular flexibility index (Phi) is 2.69. The van der Waals surface area contributed by atoms with Crippen LogP contribution in [0.15, 0.2) is 24.4 Å². The van der Waals surface area contributed by atoms with E-state index in [2.05, 4.69) is 5.10 Å². The molecule has 0 aliphatic heterocycles. The van der Waals surface area contributed by atoms with Crippen molar-refractivity contribution in [2.24, 2.45) is 5.92 Å². The Morgan fingerprint density at radius 2 is 2.11 bits per heavy atom. The average molecular weight is 262 g/mol. The van der Waals surface area contributed by atoms with Crippen molar-refractivity contribution in [1.82, 2.24) is 9.78 Å². The van der Waals surface area contributed by atoms with Crippen LogP contribution in [0.1, 0.15) is 29.4 Å². The molecule has 0 saturated heterocycles. The lowest BCUT2D eigenvalue weighted by Gasteiger charge is -2.19. The summed E-state index contributed by atoms with van der Waals surface area (Å²) >= 11 is 0. The van der Waals surface area contributed by atoms with Crippen molar-refractivity contribution in [2.45, 2.75) is 19.8 Å². The molecule has 3 nitrogen and oxygen atoms in total. The van der Waals surface area contributed by atoms with Gasteiger partial charge in [-0.2, -0.15) is 5.10 Å². The second-order valence-corrected chi connectivity index (χ2v) is 4.95. The van der Waals surface area contributed by atoms with Crippen molar-refractivity contribution in [1.29, 1.82) is 0 Å². The Labute approximate surface area is 108 Å². The first-order valence-corrected chi connectivity index (χ1v) is 6.12. The smallest absolute Gasteiger partial charge is 0.166 e. The molecule has 19 heavy (non-hydrogen) atoms. The zero-order valence-electron chi connectivity index (χ0n) is 10.4. The van der Waals surface area contributed by atoms with Crippen LogP contribution in [0.25, 0.3) is 5.69 Å². The van der Waals surface area contributed by atoms with Gasteiger partial charge in [-0.1, -0.05) is 6.92 Å². The molecule has 2 aromatic rings. The molecule has 0 spiro atoms. The third kappa shape index (κ3) is 1.95. The molecule has 0 bridgehead atoms. The molecule has 1 aliphatic rings. The van der Waals surface area contributed by atoms with E-state index in [1.54, 1.807) is 0 Å². The molecule has 98 valence electrons. The van der Waals surface area contributed by atoms with Crippen molar-refractivity contribution < 1.29 is 13.6 Å². The van der Waals surface area contributed by atoms with Crippen LogP contribution >= 0.6 is 0 Å². The predicted octanol–water partition coefficient (Wildman–Crippen LogP) is 2.92. The molecule has 1 atom stereocenters. The summed E-state index contributed by atoms with van der Waals surface area (Å²) in [6.07, 6.45) is 2.62. The Balaban J connectivity index is 2.14. The van der Waals surface area contributed by atoms with Gasteiger partial charge in [-0.15, -0.1) is 0 Å². The van der Waals surface area contributed by atoms with Crippen LogP contribution in [-0.2, 0) is 6.42 Å². The first kappa shape index (κ1) is 12.0. The van der Waals surface area contributed by atoms with Crippen LogP contribution in [0.2, 0.25) is 0 Å². The molecule has 3 rings (SSSR count). The van der Waals surface area contributed by atoms with E-state index in [0.717, 1.165) is 6.07 Å². The van der Waals surface area contributed by atoms with Crippen molar-refractivity contribution in [3.8, 4) is 5.69 Å². The number of rotatable bonds is 1. The monoisotopic (exact) mass is 262 g/mol. The third-order valence-corrected chi connectivity index (χ3v) is 3.38. The average Bonchev–Trinajstić information content (AvgIpc) is 2.73. The van der Waals surface area contributed by atoms with Crippen LogP contribution in [0.4, 0.5) is 8.78 Å². The molecule has 0 unspecified atom stereocenters. The minimum atomic E-state index is -0.684. The normalized spacial score (nSPS) is 18.5. The van der Waals surface area contributed by atoms with Crippen LogP contribution in [0, 0.1) is 17.6 Å². The number of fused-ring (bicyclic) bond motifs is 1. The largest absolute Gasteiger partial charge is 0.294 e. The molecule has 0 radical (unpaired) electrons. The number of carbonyl (C=O) groups excluding carboxylic acids is 1. The van der Waals surface area contributed by atoms with Gasteiger partial charge in [0.2, 0.25) is 0 Å². The van der Waals surface area contributed by atoms with Crippen molar-refractivity contribution in [2.75, 3.05) is 0 Å². The molecule has 0 saturated carbocycles. The van der Waals surface area contributed by atoms with Gasteiger partial charge in [-0.3, -0.25) is 4.79 Å². The molecule has 1 aliphatic carbocycles. The summed E-state index contributed by atoms with van der Waals surface area (Å²) in [5, 5.41) is 4.08. The lowest BCUT2D eigenvalue weighted by molar-refractivity contribution is 0.0952. The second-order valence-electron chi connectivity index (χ2n) is 4.95. The van der Waals surface area contributed by atoms with E-state index < -0.39 is 11.6 Å². The van der Waals surface area contributed by atoms with Crippen LogP contribution < -0.4 is 0 Å². The quantitative estimate of drug-likeness (QED) is 0.792. The number of hydrogen-bond donors (Lipinski definition) is 0. The van der Waals surface area contributed by atoms with Gasteiger partial charge in [0.1, 0.15) is 11.5 Å².